The first-order chi connectivity index (χ1) is 8.60. The topological polar surface area (TPSA) is 86.1 Å². The van der Waals surface area contributed by atoms with E-state index in [1.54, 1.807) is 23.9 Å². The monoisotopic (exact) mass is 266 g/mol. The average Bonchev–Trinajstić information content (AvgIpc) is 2.92. The molecule has 0 bridgehead atoms. The fourth-order valence-electron chi connectivity index (χ4n) is 1.52. The molecule has 0 aliphatic rings. The number of hydrogen-bond acceptors (Lipinski definition) is 5. The number of carbonyl (C=O) groups is 1. The SMILES string of the molecule is Cc1cc(SCc2ccc(C(=O)NN)o2)n(C)n1. The van der Waals surface area contributed by atoms with Crippen LogP contribution in [-0.4, -0.2) is 15.7 Å². The van der Waals surface area contributed by atoms with Crippen LogP contribution in [0.3, 0.4) is 0 Å². The Labute approximate surface area is 108 Å². The van der Waals surface area contributed by atoms with Crippen molar-refractivity contribution in [2.45, 2.75) is 17.7 Å². The number of rotatable bonds is 4. The van der Waals surface area contributed by atoms with Gasteiger partial charge in [-0.25, -0.2) is 5.84 Å². The summed E-state index contributed by atoms with van der Waals surface area (Å²) >= 11 is 1.60. The van der Waals surface area contributed by atoms with E-state index in [4.69, 9.17) is 10.3 Å². The molecule has 0 aliphatic carbocycles. The largest absolute Gasteiger partial charge is 0.455 e. The van der Waals surface area contributed by atoms with Gasteiger partial charge in [-0.2, -0.15) is 5.10 Å². The number of carbonyl (C=O) groups excluding carboxylic acids is 1. The molecular formula is C11H14N4O2S. The maximum atomic E-state index is 11.2. The Hall–Kier alpha value is -1.73. The first-order valence-corrected chi connectivity index (χ1v) is 6.32. The first-order valence-electron chi connectivity index (χ1n) is 5.33. The van der Waals surface area contributed by atoms with Gasteiger partial charge in [-0.1, -0.05) is 11.8 Å². The molecule has 0 spiro atoms. The fraction of sp³-hybridized carbons (Fsp3) is 0.273. The van der Waals surface area contributed by atoms with Gasteiger partial charge in [-0.05, 0) is 25.1 Å². The second-order valence-electron chi connectivity index (χ2n) is 3.78. The van der Waals surface area contributed by atoms with Crippen LogP contribution >= 0.6 is 11.8 Å². The zero-order valence-electron chi connectivity index (χ0n) is 10.1. The van der Waals surface area contributed by atoms with Crippen LogP contribution in [0.2, 0.25) is 0 Å². The molecule has 18 heavy (non-hydrogen) atoms. The van der Waals surface area contributed by atoms with Crippen molar-refractivity contribution in [1.82, 2.24) is 15.2 Å². The highest BCUT2D eigenvalue weighted by Gasteiger charge is 2.10. The van der Waals surface area contributed by atoms with Crippen LogP contribution < -0.4 is 11.3 Å². The fourth-order valence-corrected chi connectivity index (χ4v) is 2.44. The van der Waals surface area contributed by atoms with E-state index in [0.29, 0.717) is 5.75 Å². The lowest BCUT2D eigenvalue weighted by molar-refractivity contribution is 0.0924. The highest BCUT2D eigenvalue weighted by Crippen LogP contribution is 2.23. The normalized spacial score (nSPS) is 10.6. The Kier molecular flexibility index (Phi) is 3.73. The van der Waals surface area contributed by atoms with Crippen LogP contribution in [-0.2, 0) is 12.8 Å². The summed E-state index contributed by atoms with van der Waals surface area (Å²) in [7, 11) is 1.89. The molecule has 2 rings (SSSR count). The zero-order valence-corrected chi connectivity index (χ0v) is 11.0. The molecule has 0 unspecified atom stereocenters. The van der Waals surface area contributed by atoms with E-state index in [-0.39, 0.29) is 5.76 Å². The Morgan fingerprint density at radius 2 is 2.39 bits per heavy atom. The van der Waals surface area contributed by atoms with Gasteiger partial charge in [0.05, 0.1) is 16.5 Å². The molecule has 2 aromatic heterocycles. The van der Waals surface area contributed by atoms with Crippen LogP contribution in [0.4, 0.5) is 0 Å². The van der Waals surface area contributed by atoms with Crippen molar-refractivity contribution >= 4 is 17.7 Å². The zero-order chi connectivity index (χ0) is 13.1. The van der Waals surface area contributed by atoms with Crippen molar-refractivity contribution in [3.63, 3.8) is 0 Å². The molecule has 1 amide bonds. The molecule has 0 fully saturated rings. The third kappa shape index (κ3) is 2.74. The molecule has 3 N–H and O–H groups in total. The molecule has 0 atom stereocenters. The molecular weight excluding hydrogens is 252 g/mol. The minimum Gasteiger partial charge on any atom is -0.455 e. The third-order valence-electron chi connectivity index (χ3n) is 2.34. The Balaban J connectivity index is 2.00. The third-order valence-corrected chi connectivity index (χ3v) is 3.44. The van der Waals surface area contributed by atoms with Crippen LogP contribution in [0, 0.1) is 6.92 Å². The van der Waals surface area contributed by atoms with Gasteiger partial charge in [0.25, 0.3) is 0 Å². The van der Waals surface area contributed by atoms with Crippen LogP contribution in [0.15, 0.2) is 27.6 Å². The summed E-state index contributed by atoms with van der Waals surface area (Å²) in [4.78, 5) is 11.2. The number of aryl methyl sites for hydroxylation is 2. The summed E-state index contributed by atoms with van der Waals surface area (Å²) in [5.74, 6) is 6.17. The van der Waals surface area contributed by atoms with Crippen molar-refractivity contribution in [2.24, 2.45) is 12.9 Å². The quantitative estimate of drug-likeness (QED) is 0.376. The highest BCUT2D eigenvalue weighted by atomic mass is 32.2. The molecule has 0 saturated heterocycles. The van der Waals surface area contributed by atoms with Gasteiger partial charge in [0, 0.05) is 7.05 Å². The summed E-state index contributed by atoms with van der Waals surface area (Å²) in [6, 6.07) is 5.37. The van der Waals surface area contributed by atoms with E-state index in [9.17, 15) is 4.79 Å². The molecule has 0 aromatic carbocycles. The Morgan fingerprint density at radius 3 is 3.00 bits per heavy atom. The maximum Gasteiger partial charge on any atom is 0.300 e. The predicted octanol–water partition coefficient (Wildman–Crippen LogP) is 1.22. The molecule has 2 aromatic rings. The van der Waals surface area contributed by atoms with Gasteiger partial charge < -0.3 is 4.42 Å². The van der Waals surface area contributed by atoms with E-state index >= 15 is 0 Å². The summed E-state index contributed by atoms with van der Waals surface area (Å²) < 4.78 is 7.18. The second kappa shape index (κ2) is 5.28. The minimum atomic E-state index is -0.428. The van der Waals surface area contributed by atoms with Crippen molar-refractivity contribution < 1.29 is 9.21 Å². The molecule has 96 valence electrons. The standard InChI is InChI=1S/C11H14N4O2S/c1-7-5-10(15(2)14-7)18-6-8-3-4-9(17-8)11(16)13-12/h3-5H,6,12H2,1-2H3,(H,13,16). The maximum absolute atomic E-state index is 11.2. The van der Waals surface area contributed by atoms with Crippen molar-refractivity contribution in [2.75, 3.05) is 0 Å². The van der Waals surface area contributed by atoms with Gasteiger partial charge in [0.1, 0.15) is 5.76 Å². The molecule has 7 heteroatoms. The number of thioether (sulfide) groups is 1. The van der Waals surface area contributed by atoms with Crippen molar-refractivity contribution in [1.29, 1.82) is 0 Å². The number of nitrogens with zero attached hydrogens (tertiary/aromatic N) is 2. The summed E-state index contributed by atoms with van der Waals surface area (Å²) in [6.07, 6.45) is 0. The van der Waals surface area contributed by atoms with E-state index in [0.717, 1.165) is 16.5 Å². The lowest BCUT2D eigenvalue weighted by atomic mass is 10.4. The minimum absolute atomic E-state index is 0.217. The highest BCUT2D eigenvalue weighted by molar-refractivity contribution is 7.98. The lowest BCUT2D eigenvalue weighted by Crippen LogP contribution is -2.29. The summed E-state index contributed by atoms with van der Waals surface area (Å²) in [5.41, 5.74) is 3.00. The molecule has 0 aliphatic heterocycles. The number of hydrazine groups is 1. The van der Waals surface area contributed by atoms with Gasteiger partial charge in [0.2, 0.25) is 0 Å². The van der Waals surface area contributed by atoms with Crippen LogP contribution in [0.25, 0.3) is 0 Å². The number of amides is 1. The van der Waals surface area contributed by atoms with Crippen molar-refractivity contribution in [3.8, 4) is 0 Å². The predicted molar refractivity (Wildman–Crippen MR) is 67.9 cm³/mol. The molecule has 0 saturated carbocycles. The number of furan rings is 1. The second-order valence-corrected chi connectivity index (χ2v) is 4.77. The van der Waals surface area contributed by atoms with Gasteiger partial charge in [-0.15, -0.1) is 0 Å². The lowest BCUT2D eigenvalue weighted by Gasteiger charge is -1.99. The van der Waals surface area contributed by atoms with Gasteiger partial charge >= 0.3 is 5.91 Å². The smallest absolute Gasteiger partial charge is 0.300 e. The van der Waals surface area contributed by atoms with Crippen LogP contribution in [0.5, 0.6) is 0 Å². The van der Waals surface area contributed by atoms with Crippen molar-refractivity contribution in [3.05, 3.63) is 35.4 Å². The molecule has 6 nitrogen and oxygen atoms in total. The number of nitrogens with one attached hydrogen (secondary N) is 1. The molecule has 2 heterocycles. The Morgan fingerprint density at radius 1 is 1.61 bits per heavy atom. The van der Waals surface area contributed by atoms with Gasteiger partial charge in [0.15, 0.2) is 5.76 Å². The number of nitrogen functional groups attached to an aromatic ring is 1. The number of hydrogen-bond donors (Lipinski definition) is 2. The molecule has 0 radical (unpaired) electrons. The summed E-state index contributed by atoms with van der Waals surface area (Å²) in [5, 5.41) is 5.30. The van der Waals surface area contributed by atoms with E-state index in [2.05, 4.69) is 5.10 Å². The van der Waals surface area contributed by atoms with E-state index in [1.165, 1.54) is 0 Å². The van der Waals surface area contributed by atoms with E-state index in [1.807, 2.05) is 30.1 Å². The average molecular weight is 266 g/mol. The van der Waals surface area contributed by atoms with Gasteiger partial charge in [-0.3, -0.25) is 14.9 Å². The first kappa shape index (κ1) is 12.7. The number of aromatic nitrogens is 2. The number of nitrogens with two attached hydrogens (primary N) is 1. The summed E-state index contributed by atoms with van der Waals surface area (Å²) in [6.45, 7) is 1.95. The Bertz CT molecular complexity index is 561. The van der Waals surface area contributed by atoms with Crippen LogP contribution in [0.1, 0.15) is 22.0 Å². The van der Waals surface area contributed by atoms with E-state index < -0.39 is 5.91 Å².